The first kappa shape index (κ1) is 15.4. The largest absolute Gasteiger partial charge is 0.372 e. The van der Waals surface area contributed by atoms with Gasteiger partial charge in [-0.1, -0.05) is 0 Å². The molecule has 0 heterocycles. The van der Waals surface area contributed by atoms with Gasteiger partial charge in [0.1, 0.15) is 0 Å². The second-order valence-corrected chi connectivity index (χ2v) is 3.91. The quantitative estimate of drug-likeness (QED) is 0.466. The van der Waals surface area contributed by atoms with Crippen LogP contribution in [-0.2, 0) is 0 Å². The number of carbonyl (C=O) groups is 1. The number of nitrogens with one attached hydrogen (secondary N) is 1. The highest BCUT2D eigenvalue weighted by atomic mass is 16.6. The molecule has 0 radical (unpaired) electrons. The lowest BCUT2D eigenvalue weighted by molar-refractivity contribution is -0.384. The number of nitro groups is 1. The van der Waals surface area contributed by atoms with Crippen LogP contribution in [0.2, 0.25) is 0 Å². The summed E-state index contributed by atoms with van der Waals surface area (Å²) in [7, 11) is 0. The zero-order chi connectivity index (χ0) is 15.1. The number of benzene rings is 1. The van der Waals surface area contributed by atoms with E-state index in [-0.39, 0.29) is 5.69 Å². The van der Waals surface area contributed by atoms with E-state index in [0.29, 0.717) is 5.56 Å². The smallest absolute Gasteiger partial charge is 0.332 e. The molecule has 0 fully saturated rings. The summed E-state index contributed by atoms with van der Waals surface area (Å²) < 4.78 is 0. The van der Waals surface area contributed by atoms with Gasteiger partial charge in [0, 0.05) is 36.5 Å². The summed E-state index contributed by atoms with van der Waals surface area (Å²) in [5.41, 5.74) is 8.27. The number of nitrogens with zero attached hydrogens (tertiary/aromatic N) is 3. The van der Waals surface area contributed by atoms with E-state index in [1.165, 1.54) is 18.3 Å². The second kappa shape index (κ2) is 7.07. The van der Waals surface area contributed by atoms with Gasteiger partial charge in [0.05, 0.1) is 11.1 Å². The van der Waals surface area contributed by atoms with Crippen LogP contribution in [0.1, 0.15) is 19.4 Å². The molecule has 3 N–H and O–H groups in total. The molecule has 0 aliphatic rings. The lowest BCUT2D eigenvalue weighted by Crippen LogP contribution is -2.25. The summed E-state index contributed by atoms with van der Waals surface area (Å²) in [4.78, 5) is 22.9. The van der Waals surface area contributed by atoms with Crippen molar-refractivity contribution in [2.45, 2.75) is 13.8 Å². The van der Waals surface area contributed by atoms with E-state index in [1.807, 2.05) is 18.7 Å². The van der Waals surface area contributed by atoms with Crippen LogP contribution in [0.3, 0.4) is 0 Å². The topological polar surface area (TPSA) is 114 Å². The van der Waals surface area contributed by atoms with E-state index < -0.39 is 11.0 Å². The Bertz CT molecular complexity index is 526. The van der Waals surface area contributed by atoms with E-state index in [0.717, 1.165) is 18.8 Å². The fourth-order valence-corrected chi connectivity index (χ4v) is 1.78. The van der Waals surface area contributed by atoms with Gasteiger partial charge in [-0.25, -0.2) is 10.2 Å². The maximum Gasteiger partial charge on any atom is 0.332 e. The monoisotopic (exact) mass is 279 g/mol. The Morgan fingerprint density at radius 3 is 2.65 bits per heavy atom. The molecule has 0 unspecified atom stereocenters. The maximum atomic E-state index is 10.8. The Hall–Kier alpha value is -2.64. The van der Waals surface area contributed by atoms with Crippen molar-refractivity contribution in [1.29, 1.82) is 0 Å². The molecule has 0 atom stereocenters. The number of nitro benzene ring substituents is 1. The van der Waals surface area contributed by atoms with Gasteiger partial charge in [-0.05, 0) is 19.9 Å². The summed E-state index contributed by atoms with van der Waals surface area (Å²) in [5, 5.41) is 14.5. The van der Waals surface area contributed by atoms with Gasteiger partial charge in [0.2, 0.25) is 0 Å². The molecule has 108 valence electrons. The van der Waals surface area contributed by atoms with E-state index in [1.54, 1.807) is 6.07 Å². The van der Waals surface area contributed by atoms with Crippen LogP contribution < -0.4 is 16.1 Å². The fourth-order valence-electron chi connectivity index (χ4n) is 1.78. The number of rotatable bonds is 6. The van der Waals surface area contributed by atoms with Gasteiger partial charge in [0.15, 0.2) is 0 Å². The molecule has 2 amide bonds. The molecule has 0 spiro atoms. The summed E-state index contributed by atoms with van der Waals surface area (Å²) in [6.45, 7) is 5.46. The van der Waals surface area contributed by atoms with E-state index in [4.69, 9.17) is 5.73 Å². The highest BCUT2D eigenvalue weighted by molar-refractivity contribution is 5.89. The lowest BCUT2D eigenvalue weighted by atomic mass is 10.1. The van der Waals surface area contributed by atoms with Crippen molar-refractivity contribution >= 4 is 23.6 Å². The molecule has 0 aliphatic heterocycles. The predicted molar refractivity (Wildman–Crippen MR) is 77.0 cm³/mol. The Labute approximate surface area is 116 Å². The Morgan fingerprint density at radius 2 is 2.15 bits per heavy atom. The van der Waals surface area contributed by atoms with Crippen molar-refractivity contribution in [2.75, 3.05) is 18.0 Å². The number of carbonyl (C=O) groups excluding carboxylic acids is 1. The van der Waals surface area contributed by atoms with E-state index in [2.05, 4.69) is 10.5 Å². The first-order valence-electron chi connectivity index (χ1n) is 6.11. The third kappa shape index (κ3) is 3.94. The molecule has 8 nitrogen and oxygen atoms in total. The van der Waals surface area contributed by atoms with Gasteiger partial charge in [-0.2, -0.15) is 5.10 Å². The normalized spacial score (nSPS) is 10.5. The van der Waals surface area contributed by atoms with Crippen molar-refractivity contribution in [3.8, 4) is 0 Å². The molecular formula is C12H17N5O3. The molecular weight excluding hydrogens is 262 g/mol. The van der Waals surface area contributed by atoms with Crippen LogP contribution in [0.15, 0.2) is 23.3 Å². The van der Waals surface area contributed by atoms with Crippen LogP contribution in [0.4, 0.5) is 16.2 Å². The first-order valence-corrected chi connectivity index (χ1v) is 6.11. The molecule has 0 saturated carbocycles. The van der Waals surface area contributed by atoms with Crippen LogP contribution in [0.25, 0.3) is 0 Å². The van der Waals surface area contributed by atoms with Crippen LogP contribution in [0.5, 0.6) is 0 Å². The molecule has 8 heteroatoms. The Morgan fingerprint density at radius 1 is 1.50 bits per heavy atom. The SMILES string of the molecule is CCN(CC)c1ccc([N+](=O)[O-])cc1/C=N\NC(N)=O. The number of nitrogens with two attached hydrogens (primary N) is 1. The maximum absolute atomic E-state index is 10.8. The van der Waals surface area contributed by atoms with Gasteiger partial charge >= 0.3 is 6.03 Å². The third-order valence-corrected chi connectivity index (χ3v) is 2.70. The number of hydrogen-bond acceptors (Lipinski definition) is 5. The molecule has 1 rings (SSSR count). The zero-order valence-corrected chi connectivity index (χ0v) is 11.4. The average molecular weight is 279 g/mol. The van der Waals surface area contributed by atoms with Crippen LogP contribution in [0, 0.1) is 10.1 Å². The fraction of sp³-hybridized carbons (Fsp3) is 0.333. The Balaban J connectivity index is 3.18. The number of urea groups is 1. The highest BCUT2D eigenvalue weighted by Crippen LogP contribution is 2.24. The zero-order valence-electron chi connectivity index (χ0n) is 11.4. The van der Waals surface area contributed by atoms with E-state index in [9.17, 15) is 14.9 Å². The lowest BCUT2D eigenvalue weighted by Gasteiger charge is -2.22. The first-order chi connectivity index (χ1) is 9.49. The van der Waals surface area contributed by atoms with Crippen LogP contribution >= 0.6 is 0 Å². The van der Waals surface area contributed by atoms with Gasteiger partial charge in [0.25, 0.3) is 5.69 Å². The molecule has 0 saturated heterocycles. The number of hydrazone groups is 1. The molecule has 0 aromatic heterocycles. The van der Waals surface area contributed by atoms with Crippen LogP contribution in [-0.4, -0.2) is 30.3 Å². The average Bonchev–Trinajstić information content (AvgIpc) is 2.40. The summed E-state index contributed by atoms with van der Waals surface area (Å²) >= 11 is 0. The summed E-state index contributed by atoms with van der Waals surface area (Å²) in [6.07, 6.45) is 1.34. The Kier molecular flexibility index (Phi) is 5.45. The number of anilines is 1. The summed E-state index contributed by atoms with van der Waals surface area (Å²) in [5.74, 6) is 0. The van der Waals surface area contributed by atoms with E-state index >= 15 is 0 Å². The second-order valence-electron chi connectivity index (χ2n) is 3.91. The van der Waals surface area contributed by atoms with Crippen molar-refractivity contribution in [2.24, 2.45) is 10.8 Å². The van der Waals surface area contributed by atoms with Crippen molar-refractivity contribution in [3.05, 3.63) is 33.9 Å². The van der Waals surface area contributed by atoms with Gasteiger partial charge in [-0.15, -0.1) is 0 Å². The predicted octanol–water partition coefficient (Wildman–Crippen LogP) is 1.44. The van der Waals surface area contributed by atoms with Crippen molar-refractivity contribution in [1.82, 2.24) is 5.43 Å². The number of primary amides is 1. The molecule has 20 heavy (non-hydrogen) atoms. The molecule has 0 aliphatic carbocycles. The summed E-state index contributed by atoms with van der Waals surface area (Å²) in [6, 6.07) is 3.71. The van der Waals surface area contributed by atoms with Gasteiger partial charge in [-0.3, -0.25) is 10.1 Å². The van der Waals surface area contributed by atoms with Crippen molar-refractivity contribution < 1.29 is 9.72 Å². The van der Waals surface area contributed by atoms with Crippen molar-refractivity contribution in [3.63, 3.8) is 0 Å². The van der Waals surface area contributed by atoms with Gasteiger partial charge < -0.3 is 10.6 Å². The number of amides is 2. The molecule has 0 bridgehead atoms. The standard InChI is InChI=1S/C12H17N5O3/c1-3-16(4-2)11-6-5-10(17(19)20)7-9(11)8-14-15-12(13)18/h5-8H,3-4H2,1-2H3,(H3,13,15,18)/b14-8-. The molecule has 1 aromatic rings. The third-order valence-electron chi connectivity index (χ3n) is 2.70. The molecule has 1 aromatic carbocycles. The highest BCUT2D eigenvalue weighted by Gasteiger charge is 2.13. The number of non-ortho nitro benzene ring substituents is 1. The number of hydrogen-bond donors (Lipinski definition) is 2. The minimum Gasteiger partial charge on any atom is -0.372 e. The minimum atomic E-state index is -0.795. The minimum absolute atomic E-state index is 0.0403.